The average Bonchev–Trinajstić information content (AvgIpc) is 2.69. The molecule has 4 rings (SSSR count). The molecule has 2 aliphatic rings. The van der Waals surface area contributed by atoms with E-state index in [1.807, 2.05) is 0 Å². The van der Waals surface area contributed by atoms with Crippen LogP contribution >= 0.6 is 63.7 Å². The molecule has 0 amide bonds. The number of carboxylic acid groups (broad SMARTS) is 1. The predicted molar refractivity (Wildman–Crippen MR) is 125 cm³/mol. The third-order valence-corrected chi connectivity index (χ3v) is 7.04. The predicted octanol–water partition coefficient (Wildman–Crippen LogP) is -1.32. The van der Waals surface area contributed by atoms with Gasteiger partial charge in [0.05, 0.1) is 14.9 Å². The smallest absolute Gasteiger partial charge is 0.871 e. The molecule has 12 heteroatoms. The second kappa shape index (κ2) is 12.5. The summed E-state index contributed by atoms with van der Waals surface area (Å²) in [6.45, 7) is 0. The van der Waals surface area contributed by atoms with Crippen molar-refractivity contribution in [3.05, 3.63) is 70.1 Å². The summed E-state index contributed by atoms with van der Waals surface area (Å²) in [4.78, 5) is 24.2. The monoisotopic (exact) mass is 896 g/mol. The molecule has 0 N–H and O–H groups in total. The third-order valence-electron chi connectivity index (χ3n) is 4.42. The van der Waals surface area contributed by atoms with Gasteiger partial charge in [0.2, 0.25) is 5.43 Å². The van der Waals surface area contributed by atoms with Crippen LogP contribution in [0.25, 0.3) is 33.4 Å². The Labute approximate surface area is 280 Å². The maximum absolute atomic E-state index is 12.4. The first-order chi connectivity index (χ1) is 13.7. The van der Waals surface area contributed by atoms with Gasteiger partial charge in [-0.05, 0) is 65.5 Å². The van der Waals surface area contributed by atoms with Gasteiger partial charge >= 0.3 is 59.1 Å². The minimum atomic E-state index is -1.35. The maximum Gasteiger partial charge on any atom is 1.00 e. The first-order valence-corrected chi connectivity index (χ1v) is 11.1. The Hall–Kier alpha value is 1.24. The number of hydrogen-bond donors (Lipinski definition) is 0. The molecule has 0 fully saturated rings. The fourth-order valence-electron chi connectivity index (χ4n) is 3.16. The Morgan fingerprint density at radius 1 is 0.906 bits per heavy atom. The number of carbonyl (C=O) groups is 1. The van der Waals surface area contributed by atoms with Crippen LogP contribution < -0.4 is 74.8 Å². The number of fused-ring (bicyclic) bond motifs is 2. The van der Waals surface area contributed by atoms with Crippen LogP contribution in [0.4, 0.5) is 0 Å². The van der Waals surface area contributed by atoms with E-state index in [1.165, 1.54) is 6.07 Å². The van der Waals surface area contributed by atoms with Crippen LogP contribution in [0.1, 0.15) is 10.4 Å². The zero-order chi connectivity index (χ0) is 21.0. The van der Waals surface area contributed by atoms with Crippen molar-refractivity contribution in [2.75, 3.05) is 0 Å². The number of benzene rings is 3. The molecule has 1 heterocycles. The number of carboxylic acids is 1. The van der Waals surface area contributed by atoms with Crippen LogP contribution in [0, 0.1) is 0 Å². The number of rotatable bonds is 2. The van der Waals surface area contributed by atoms with E-state index in [1.54, 1.807) is 30.3 Å². The Morgan fingerprint density at radius 2 is 1.53 bits per heavy atom. The fraction of sp³-hybridized carbons (Fsp3) is 0. The van der Waals surface area contributed by atoms with Crippen LogP contribution in [0.3, 0.4) is 0 Å². The Morgan fingerprint density at radius 3 is 2.16 bits per heavy atom. The van der Waals surface area contributed by atoms with Crippen molar-refractivity contribution in [3.63, 3.8) is 0 Å². The molecule has 1 aliphatic carbocycles. The van der Waals surface area contributed by atoms with Crippen LogP contribution in [-0.4, -0.2) is 33.3 Å². The van der Waals surface area contributed by atoms with Crippen molar-refractivity contribution in [3.8, 4) is 28.2 Å². The van der Waals surface area contributed by atoms with E-state index in [2.05, 4.69) is 63.7 Å². The van der Waals surface area contributed by atoms with Crippen molar-refractivity contribution < 1.29 is 78.5 Å². The quantitative estimate of drug-likeness (QED) is 0.184. The van der Waals surface area contributed by atoms with Crippen molar-refractivity contribution in [1.29, 1.82) is 0 Å². The summed E-state index contributed by atoms with van der Waals surface area (Å²) >= 11 is 13.0. The summed E-state index contributed by atoms with van der Waals surface area (Å²) in [5.74, 6) is -1.49. The zero-order valence-electron chi connectivity index (χ0n) is 16.5. The summed E-state index contributed by atoms with van der Waals surface area (Å²) in [7, 11) is 0. The van der Waals surface area contributed by atoms with Gasteiger partial charge in [-0.25, -0.2) is 0 Å². The minimum Gasteiger partial charge on any atom is -0.871 e. The van der Waals surface area contributed by atoms with E-state index in [-0.39, 0.29) is 132 Å². The minimum absolute atomic E-state index is 0. The Balaban J connectivity index is 0.00000171. The van der Waals surface area contributed by atoms with Crippen LogP contribution in [-0.2, 0) is 0 Å². The van der Waals surface area contributed by atoms with Gasteiger partial charge in [0.1, 0.15) is 10.1 Å². The van der Waals surface area contributed by atoms with Crippen molar-refractivity contribution in [2.45, 2.75) is 0 Å². The van der Waals surface area contributed by atoms with E-state index in [9.17, 15) is 19.8 Å². The average molecular weight is 899 g/mol. The Bertz CT molecular complexity index is 1380. The molecular weight excluding hydrogens is 893 g/mol. The van der Waals surface area contributed by atoms with Crippen LogP contribution in [0.5, 0.6) is 5.75 Å². The molecule has 0 atom stereocenters. The van der Waals surface area contributed by atoms with Crippen molar-refractivity contribution in [1.82, 2.24) is 0 Å². The van der Waals surface area contributed by atoms with Crippen LogP contribution in [0.2, 0.25) is 0 Å². The number of halogens is 4. The summed E-state index contributed by atoms with van der Waals surface area (Å²) in [6, 6.07) is 9.50. The van der Waals surface area contributed by atoms with Crippen LogP contribution in [0.15, 0.2) is 63.5 Å². The van der Waals surface area contributed by atoms with E-state index in [0.29, 0.717) is 22.1 Å². The second-order valence-corrected chi connectivity index (χ2v) is 9.36. The molecule has 32 heavy (non-hydrogen) atoms. The molecule has 1 aliphatic heterocycles. The molecule has 0 saturated heterocycles. The van der Waals surface area contributed by atoms with Gasteiger partial charge in [0, 0.05) is 53.8 Å². The van der Waals surface area contributed by atoms with E-state index in [4.69, 9.17) is 4.42 Å². The summed E-state index contributed by atoms with van der Waals surface area (Å²) in [6.07, 6.45) is 0. The summed E-state index contributed by atoms with van der Waals surface area (Å²) in [5.41, 5.74) is 1.17. The van der Waals surface area contributed by atoms with Gasteiger partial charge in [0.15, 0.2) is 5.76 Å². The molecule has 0 spiro atoms. The van der Waals surface area contributed by atoms with Gasteiger partial charge in [-0.15, -0.1) is 0 Å². The second-order valence-electron chi connectivity index (χ2n) is 6.07. The standard InChI is InChI=1S/C20H8Br4O5.2Na.Pb/c21-11-5-9-13(7-3-1-2-4-8(7)20(27)28)10-6-12(22)17(26)15(24)19(10)29-18(9)14(23)16(11)25;;;/h1-6,25H,(H,27,28);;;/q;2*+1;/p-2. The molecule has 0 bridgehead atoms. The summed E-state index contributed by atoms with van der Waals surface area (Å²) in [5, 5.41) is 24.7. The maximum atomic E-state index is 12.4. The molecule has 0 aromatic heterocycles. The topological polar surface area (TPSA) is 93.4 Å². The molecule has 2 aromatic rings. The molecule has 2 aromatic carbocycles. The number of hydrogen-bond acceptors (Lipinski definition) is 5. The largest absolute Gasteiger partial charge is 1.00 e. The van der Waals surface area contributed by atoms with Crippen molar-refractivity contribution >= 4 is 108 Å². The van der Waals surface area contributed by atoms with E-state index < -0.39 is 5.97 Å². The van der Waals surface area contributed by atoms with Gasteiger partial charge in [0.25, 0.3) is 0 Å². The summed E-state index contributed by atoms with van der Waals surface area (Å²) < 4.78 is 6.80. The number of carbonyl (C=O) groups excluding carboxylic acids is 1. The Kier molecular flexibility index (Phi) is 12.2. The SMILES string of the molecule is O=C([O-])c1ccccc1-c1c2cc(Br)c(=O)c(Br)c-2oc2c(Br)c([O-])c(Br)cc12.[Na+].[Na+].[Pb]. The van der Waals surface area contributed by atoms with E-state index in [0.717, 1.165) is 0 Å². The molecule has 150 valence electrons. The molecule has 0 saturated carbocycles. The van der Waals surface area contributed by atoms with Gasteiger partial charge in [-0.3, -0.25) is 4.79 Å². The van der Waals surface area contributed by atoms with Gasteiger partial charge in [-0.1, -0.05) is 45.9 Å². The molecular formula is C20H6Br4Na2O5Pb. The number of aromatic carboxylic acids is 1. The first-order valence-electron chi connectivity index (χ1n) is 7.96. The first kappa shape index (κ1) is 31.3. The van der Waals surface area contributed by atoms with E-state index >= 15 is 0 Å². The third kappa shape index (κ3) is 5.47. The molecule has 0 unspecified atom stereocenters. The van der Waals surface area contributed by atoms with Crippen molar-refractivity contribution in [2.24, 2.45) is 0 Å². The normalized spacial score (nSPS) is 10.2. The molecule has 4 radical (unpaired) electrons. The van der Waals surface area contributed by atoms with Gasteiger partial charge < -0.3 is 19.4 Å². The zero-order valence-corrected chi connectivity index (χ0v) is 30.7. The molecule has 5 nitrogen and oxygen atoms in total. The van der Waals surface area contributed by atoms with Gasteiger partial charge in [-0.2, -0.15) is 0 Å². The fourth-order valence-corrected chi connectivity index (χ4v) is 5.56.